The normalized spacial score (nSPS) is 10.5. The number of hydrogen-bond donors (Lipinski definition) is 0. The fourth-order valence-corrected chi connectivity index (χ4v) is 1.68. The smallest absolute Gasteiger partial charge is 0.0955 e. The van der Waals surface area contributed by atoms with E-state index in [1.54, 1.807) is 6.20 Å². The molecule has 0 radical (unpaired) electrons. The van der Waals surface area contributed by atoms with Crippen LogP contribution in [0.25, 0.3) is 10.9 Å². The molecule has 4 heteroatoms. The van der Waals surface area contributed by atoms with Crippen molar-refractivity contribution in [3.05, 3.63) is 33.0 Å². The van der Waals surface area contributed by atoms with Gasteiger partial charge in [-0.2, -0.15) is 10.2 Å². The van der Waals surface area contributed by atoms with Crippen LogP contribution in [0.2, 0.25) is 5.02 Å². The van der Waals surface area contributed by atoms with Gasteiger partial charge in [0.25, 0.3) is 0 Å². The maximum atomic E-state index is 5.90. The van der Waals surface area contributed by atoms with E-state index in [1.807, 2.05) is 18.2 Å². The third-order valence-electron chi connectivity index (χ3n) is 1.55. The first-order valence-corrected chi connectivity index (χ1v) is 4.79. The molecule has 0 N–H and O–H groups in total. The van der Waals surface area contributed by atoms with Gasteiger partial charge in [0.15, 0.2) is 0 Å². The van der Waals surface area contributed by atoms with E-state index >= 15 is 0 Å². The van der Waals surface area contributed by atoms with E-state index in [4.69, 9.17) is 11.6 Å². The van der Waals surface area contributed by atoms with E-state index in [1.165, 1.54) is 0 Å². The molecular formula is C8H4ClIN2. The van der Waals surface area contributed by atoms with Gasteiger partial charge in [-0.25, -0.2) is 0 Å². The summed E-state index contributed by atoms with van der Waals surface area (Å²) in [6.45, 7) is 0. The highest BCUT2D eigenvalue weighted by Gasteiger charge is 1.99. The Labute approximate surface area is 88.1 Å². The SMILES string of the molecule is Clc1cnnc2cc(I)ccc12. The van der Waals surface area contributed by atoms with Gasteiger partial charge in [-0.05, 0) is 34.7 Å². The Bertz CT molecular complexity index is 430. The molecule has 0 saturated carbocycles. The van der Waals surface area contributed by atoms with Crippen molar-refractivity contribution in [3.8, 4) is 0 Å². The minimum atomic E-state index is 0.649. The molecule has 2 aromatic rings. The first-order valence-electron chi connectivity index (χ1n) is 3.34. The number of hydrogen-bond acceptors (Lipinski definition) is 2. The second kappa shape index (κ2) is 3.14. The molecule has 0 spiro atoms. The van der Waals surface area contributed by atoms with Crippen LogP contribution in [0.5, 0.6) is 0 Å². The Morgan fingerprint density at radius 2 is 2.17 bits per heavy atom. The van der Waals surface area contributed by atoms with Crippen LogP contribution in [0, 0.1) is 3.57 Å². The predicted molar refractivity (Wildman–Crippen MR) is 57.3 cm³/mol. The first kappa shape index (κ1) is 8.19. The van der Waals surface area contributed by atoms with Gasteiger partial charge < -0.3 is 0 Å². The van der Waals surface area contributed by atoms with E-state index < -0.39 is 0 Å². The summed E-state index contributed by atoms with van der Waals surface area (Å²) in [5.41, 5.74) is 0.842. The lowest BCUT2D eigenvalue weighted by molar-refractivity contribution is 1.08. The molecule has 0 saturated heterocycles. The van der Waals surface area contributed by atoms with Crippen LogP contribution in [0.4, 0.5) is 0 Å². The Hall–Kier alpha value is -0.420. The number of fused-ring (bicyclic) bond motifs is 1. The zero-order chi connectivity index (χ0) is 8.55. The highest BCUT2D eigenvalue weighted by Crippen LogP contribution is 2.21. The minimum absolute atomic E-state index is 0.649. The molecular weight excluding hydrogens is 286 g/mol. The molecule has 0 fully saturated rings. The molecule has 0 aliphatic heterocycles. The fourth-order valence-electron chi connectivity index (χ4n) is 1.00. The average Bonchev–Trinajstić information content (AvgIpc) is 2.04. The van der Waals surface area contributed by atoms with Crippen molar-refractivity contribution < 1.29 is 0 Å². The first-order chi connectivity index (χ1) is 5.77. The van der Waals surface area contributed by atoms with Crippen LogP contribution in [-0.4, -0.2) is 10.2 Å². The second-order valence-electron chi connectivity index (χ2n) is 2.35. The third-order valence-corrected chi connectivity index (χ3v) is 2.53. The molecule has 2 nitrogen and oxygen atoms in total. The Morgan fingerprint density at radius 3 is 3.00 bits per heavy atom. The van der Waals surface area contributed by atoms with Crippen LogP contribution in [-0.2, 0) is 0 Å². The molecule has 60 valence electrons. The zero-order valence-electron chi connectivity index (χ0n) is 5.96. The molecule has 0 atom stereocenters. The van der Waals surface area contributed by atoms with Crippen molar-refractivity contribution in [2.24, 2.45) is 0 Å². The van der Waals surface area contributed by atoms with Crippen molar-refractivity contribution in [3.63, 3.8) is 0 Å². The van der Waals surface area contributed by atoms with Crippen molar-refractivity contribution in [1.29, 1.82) is 0 Å². The summed E-state index contributed by atoms with van der Waals surface area (Å²) < 4.78 is 1.14. The molecule has 2 rings (SSSR count). The number of rotatable bonds is 0. The van der Waals surface area contributed by atoms with Crippen molar-refractivity contribution in [1.82, 2.24) is 10.2 Å². The van der Waals surface area contributed by atoms with E-state index in [-0.39, 0.29) is 0 Å². The quantitative estimate of drug-likeness (QED) is 0.697. The van der Waals surface area contributed by atoms with E-state index in [2.05, 4.69) is 32.8 Å². The van der Waals surface area contributed by atoms with Gasteiger partial charge in [-0.1, -0.05) is 17.7 Å². The molecule has 1 aromatic heterocycles. The largest absolute Gasteiger partial charge is 0.157 e. The summed E-state index contributed by atoms with van der Waals surface area (Å²) in [7, 11) is 0. The monoisotopic (exact) mass is 290 g/mol. The molecule has 1 aromatic carbocycles. The lowest BCUT2D eigenvalue weighted by Gasteiger charge is -1.97. The number of halogens is 2. The lowest BCUT2D eigenvalue weighted by atomic mass is 10.2. The molecule has 0 aliphatic rings. The van der Waals surface area contributed by atoms with Gasteiger partial charge in [0.2, 0.25) is 0 Å². The lowest BCUT2D eigenvalue weighted by Crippen LogP contribution is -1.84. The van der Waals surface area contributed by atoms with Crippen molar-refractivity contribution in [2.45, 2.75) is 0 Å². The Balaban J connectivity index is 2.86. The number of nitrogens with zero attached hydrogens (tertiary/aromatic N) is 2. The van der Waals surface area contributed by atoms with Crippen LogP contribution in [0.15, 0.2) is 24.4 Å². The summed E-state index contributed by atoms with van der Waals surface area (Å²) >= 11 is 8.13. The van der Waals surface area contributed by atoms with Gasteiger partial charge in [0.1, 0.15) is 0 Å². The predicted octanol–water partition coefficient (Wildman–Crippen LogP) is 2.89. The van der Waals surface area contributed by atoms with Crippen LogP contribution in [0.1, 0.15) is 0 Å². The van der Waals surface area contributed by atoms with Crippen molar-refractivity contribution in [2.75, 3.05) is 0 Å². The summed E-state index contributed by atoms with van der Waals surface area (Å²) in [5.74, 6) is 0. The Kier molecular flexibility index (Phi) is 2.14. The average molecular weight is 290 g/mol. The summed E-state index contributed by atoms with van der Waals surface area (Å²) in [6, 6.07) is 5.90. The molecule has 12 heavy (non-hydrogen) atoms. The highest BCUT2D eigenvalue weighted by molar-refractivity contribution is 14.1. The topological polar surface area (TPSA) is 25.8 Å². The summed E-state index contributed by atoms with van der Waals surface area (Å²) in [5, 5.41) is 9.33. The number of aromatic nitrogens is 2. The highest BCUT2D eigenvalue weighted by atomic mass is 127. The zero-order valence-corrected chi connectivity index (χ0v) is 8.87. The van der Waals surface area contributed by atoms with Crippen LogP contribution < -0.4 is 0 Å². The second-order valence-corrected chi connectivity index (χ2v) is 4.01. The maximum absolute atomic E-state index is 5.90. The van der Waals surface area contributed by atoms with Crippen molar-refractivity contribution >= 4 is 45.1 Å². The fraction of sp³-hybridized carbons (Fsp3) is 0. The summed E-state index contributed by atoms with van der Waals surface area (Å²) in [4.78, 5) is 0. The maximum Gasteiger partial charge on any atom is 0.0955 e. The third kappa shape index (κ3) is 1.38. The molecule has 1 heterocycles. The molecule has 0 bridgehead atoms. The van der Waals surface area contributed by atoms with Gasteiger partial charge in [-0.15, -0.1) is 0 Å². The van der Waals surface area contributed by atoms with E-state index in [0.717, 1.165) is 14.5 Å². The van der Waals surface area contributed by atoms with Gasteiger partial charge in [0.05, 0.1) is 16.7 Å². The molecule has 0 unspecified atom stereocenters. The minimum Gasteiger partial charge on any atom is -0.157 e. The van der Waals surface area contributed by atoms with Gasteiger partial charge in [-0.3, -0.25) is 0 Å². The van der Waals surface area contributed by atoms with Crippen LogP contribution >= 0.6 is 34.2 Å². The summed E-state index contributed by atoms with van der Waals surface area (Å²) in [6.07, 6.45) is 1.55. The molecule has 0 aliphatic carbocycles. The van der Waals surface area contributed by atoms with Crippen LogP contribution in [0.3, 0.4) is 0 Å². The van der Waals surface area contributed by atoms with Gasteiger partial charge in [0, 0.05) is 8.96 Å². The van der Waals surface area contributed by atoms with E-state index in [9.17, 15) is 0 Å². The van der Waals surface area contributed by atoms with Gasteiger partial charge >= 0.3 is 0 Å². The standard InChI is InChI=1S/C8H4ClIN2/c9-7-4-11-12-8-3-5(10)1-2-6(7)8/h1-4H. The molecule has 0 amide bonds. The van der Waals surface area contributed by atoms with E-state index in [0.29, 0.717) is 5.02 Å². The Morgan fingerprint density at radius 1 is 1.33 bits per heavy atom. The number of benzene rings is 1.